The van der Waals surface area contributed by atoms with Crippen molar-refractivity contribution in [3.05, 3.63) is 65.2 Å². The van der Waals surface area contributed by atoms with Crippen LogP contribution >= 0.6 is 11.8 Å². The number of carbonyl (C=O) groups excluding carboxylic acids is 1. The molecule has 0 aliphatic heterocycles. The summed E-state index contributed by atoms with van der Waals surface area (Å²) in [5, 5.41) is 11.2. The first-order chi connectivity index (χ1) is 14.4. The third-order valence-electron chi connectivity index (χ3n) is 4.59. The van der Waals surface area contributed by atoms with E-state index >= 15 is 0 Å². The average Bonchev–Trinajstić information content (AvgIpc) is 3.11. The van der Waals surface area contributed by atoms with Crippen LogP contribution in [0.15, 0.2) is 47.6 Å². The maximum atomic E-state index is 13.8. The summed E-state index contributed by atoms with van der Waals surface area (Å²) in [5.41, 5.74) is 2.34. The van der Waals surface area contributed by atoms with Crippen molar-refractivity contribution >= 4 is 23.4 Å². The molecule has 8 heteroatoms. The third-order valence-corrected chi connectivity index (χ3v) is 5.67. The van der Waals surface area contributed by atoms with Gasteiger partial charge in [0.15, 0.2) is 11.0 Å². The summed E-state index contributed by atoms with van der Waals surface area (Å²) in [7, 11) is 0. The minimum Gasteiger partial charge on any atom is -0.485 e. The molecule has 0 aliphatic carbocycles. The second-order valence-corrected chi connectivity index (χ2v) is 8.24. The van der Waals surface area contributed by atoms with Gasteiger partial charge >= 0.3 is 0 Å². The Morgan fingerprint density at radius 2 is 2.00 bits per heavy atom. The van der Waals surface area contributed by atoms with E-state index in [0.29, 0.717) is 17.5 Å². The lowest BCUT2D eigenvalue weighted by Gasteiger charge is -2.14. The SMILES string of the molecule is CCn1c(COc2cc(C)ccc2C)nnc1SC(C)C(=O)Nc1ccccc1F. The van der Waals surface area contributed by atoms with Crippen molar-refractivity contribution in [2.45, 2.75) is 51.3 Å². The number of thioether (sulfide) groups is 1. The highest BCUT2D eigenvalue weighted by Gasteiger charge is 2.21. The van der Waals surface area contributed by atoms with Gasteiger partial charge in [-0.2, -0.15) is 0 Å². The molecule has 0 bridgehead atoms. The Balaban J connectivity index is 1.66. The highest BCUT2D eigenvalue weighted by Crippen LogP contribution is 2.25. The van der Waals surface area contributed by atoms with Crippen molar-refractivity contribution in [2.24, 2.45) is 0 Å². The first kappa shape index (κ1) is 21.8. The highest BCUT2D eigenvalue weighted by molar-refractivity contribution is 8.00. The minimum absolute atomic E-state index is 0.162. The largest absolute Gasteiger partial charge is 0.485 e. The second kappa shape index (κ2) is 9.75. The molecule has 0 spiro atoms. The van der Waals surface area contributed by atoms with Crippen molar-refractivity contribution in [1.29, 1.82) is 0 Å². The van der Waals surface area contributed by atoms with Gasteiger partial charge in [-0.25, -0.2) is 4.39 Å². The van der Waals surface area contributed by atoms with Gasteiger partial charge in [0, 0.05) is 6.54 Å². The van der Waals surface area contributed by atoms with Crippen LogP contribution in [0.3, 0.4) is 0 Å². The Hall–Kier alpha value is -2.87. The number of benzene rings is 2. The summed E-state index contributed by atoms with van der Waals surface area (Å²) < 4.78 is 21.6. The predicted octanol–water partition coefficient (Wildman–Crippen LogP) is 4.75. The van der Waals surface area contributed by atoms with E-state index < -0.39 is 11.1 Å². The first-order valence-corrected chi connectivity index (χ1v) is 10.6. The van der Waals surface area contributed by atoms with Crippen molar-refractivity contribution in [3.63, 3.8) is 0 Å². The van der Waals surface area contributed by atoms with Gasteiger partial charge in [-0.05, 0) is 57.0 Å². The lowest BCUT2D eigenvalue weighted by atomic mass is 10.1. The van der Waals surface area contributed by atoms with Crippen LogP contribution in [0.1, 0.15) is 30.8 Å². The van der Waals surface area contributed by atoms with Crippen molar-refractivity contribution in [2.75, 3.05) is 5.32 Å². The summed E-state index contributed by atoms with van der Waals surface area (Å²) in [4.78, 5) is 12.5. The van der Waals surface area contributed by atoms with Gasteiger partial charge < -0.3 is 14.6 Å². The maximum Gasteiger partial charge on any atom is 0.237 e. The Morgan fingerprint density at radius 1 is 1.23 bits per heavy atom. The van der Waals surface area contributed by atoms with Crippen molar-refractivity contribution in [1.82, 2.24) is 14.8 Å². The Morgan fingerprint density at radius 3 is 2.73 bits per heavy atom. The van der Waals surface area contributed by atoms with E-state index in [1.807, 2.05) is 43.5 Å². The molecule has 2 aromatic carbocycles. The first-order valence-electron chi connectivity index (χ1n) is 9.73. The lowest BCUT2D eigenvalue weighted by molar-refractivity contribution is -0.115. The summed E-state index contributed by atoms with van der Waals surface area (Å²) in [6.07, 6.45) is 0. The average molecular weight is 429 g/mol. The summed E-state index contributed by atoms with van der Waals surface area (Å²) in [6, 6.07) is 12.1. The molecule has 0 saturated carbocycles. The molecule has 3 rings (SSSR count). The molecule has 0 saturated heterocycles. The standard InChI is InChI=1S/C22H25FN4O2S/c1-5-27-20(13-29-19-12-14(2)10-11-15(19)3)25-26-22(27)30-16(4)21(28)24-18-9-7-6-8-17(18)23/h6-12,16H,5,13H2,1-4H3,(H,24,28). The molecule has 0 fully saturated rings. The number of rotatable bonds is 8. The number of nitrogens with one attached hydrogen (secondary N) is 1. The van der Waals surface area contributed by atoms with E-state index in [9.17, 15) is 9.18 Å². The molecule has 158 valence electrons. The smallest absolute Gasteiger partial charge is 0.237 e. The normalized spacial score (nSPS) is 11.9. The quantitative estimate of drug-likeness (QED) is 0.524. The molecule has 30 heavy (non-hydrogen) atoms. The number of amides is 1. The van der Waals surface area contributed by atoms with Crippen molar-refractivity contribution < 1.29 is 13.9 Å². The van der Waals surface area contributed by atoms with E-state index in [0.717, 1.165) is 16.9 Å². The zero-order valence-corrected chi connectivity index (χ0v) is 18.3. The topological polar surface area (TPSA) is 69.0 Å². The van der Waals surface area contributed by atoms with E-state index in [1.54, 1.807) is 19.1 Å². The monoisotopic (exact) mass is 428 g/mol. The summed E-state index contributed by atoms with van der Waals surface area (Å²) in [5.74, 6) is 0.727. The molecule has 0 aliphatic rings. The molecule has 0 radical (unpaired) electrons. The van der Waals surface area contributed by atoms with Crippen LogP contribution in [0.2, 0.25) is 0 Å². The van der Waals surface area contributed by atoms with Gasteiger partial charge in [0.25, 0.3) is 0 Å². The zero-order valence-electron chi connectivity index (χ0n) is 17.5. The van der Waals surface area contributed by atoms with E-state index in [-0.39, 0.29) is 18.2 Å². The predicted molar refractivity (Wildman–Crippen MR) is 116 cm³/mol. The van der Waals surface area contributed by atoms with Crippen LogP contribution in [0, 0.1) is 19.7 Å². The van der Waals surface area contributed by atoms with Gasteiger partial charge in [-0.1, -0.05) is 36.0 Å². The molecule has 1 heterocycles. The summed E-state index contributed by atoms with van der Waals surface area (Å²) >= 11 is 1.28. The number of ether oxygens (including phenoxy) is 1. The fourth-order valence-electron chi connectivity index (χ4n) is 2.84. The number of para-hydroxylation sites is 1. The van der Waals surface area contributed by atoms with Gasteiger partial charge in [-0.3, -0.25) is 4.79 Å². The number of hydrogen-bond donors (Lipinski definition) is 1. The van der Waals surface area contributed by atoms with Crippen LogP contribution < -0.4 is 10.1 Å². The van der Waals surface area contributed by atoms with Crippen LogP contribution in [0.25, 0.3) is 0 Å². The number of halogens is 1. The minimum atomic E-state index is -0.480. The van der Waals surface area contributed by atoms with E-state index in [4.69, 9.17) is 4.74 Å². The summed E-state index contributed by atoms with van der Waals surface area (Å²) in [6.45, 7) is 8.67. The number of aromatic nitrogens is 3. The second-order valence-electron chi connectivity index (χ2n) is 6.93. The number of anilines is 1. The number of carbonyl (C=O) groups is 1. The van der Waals surface area contributed by atoms with E-state index in [2.05, 4.69) is 15.5 Å². The maximum absolute atomic E-state index is 13.8. The molecule has 1 unspecified atom stereocenters. The van der Waals surface area contributed by atoms with Gasteiger partial charge in [0.05, 0.1) is 10.9 Å². The highest BCUT2D eigenvalue weighted by atomic mass is 32.2. The third kappa shape index (κ3) is 5.18. The molecular formula is C22H25FN4O2S. The molecule has 1 aromatic heterocycles. The van der Waals surface area contributed by atoms with Gasteiger partial charge in [-0.15, -0.1) is 10.2 Å². The van der Waals surface area contributed by atoms with Crippen LogP contribution in [-0.2, 0) is 17.9 Å². The number of hydrogen-bond acceptors (Lipinski definition) is 5. The van der Waals surface area contributed by atoms with Crippen LogP contribution in [0.4, 0.5) is 10.1 Å². The zero-order chi connectivity index (χ0) is 21.7. The number of nitrogens with zero attached hydrogens (tertiary/aromatic N) is 3. The van der Waals surface area contributed by atoms with Crippen molar-refractivity contribution in [3.8, 4) is 5.75 Å². The molecule has 6 nitrogen and oxygen atoms in total. The fraction of sp³-hybridized carbons (Fsp3) is 0.318. The Kier molecular flexibility index (Phi) is 7.10. The Bertz CT molecular complexity index is 1040. The van der Waals surface area contributed by atoms with Crippen LogP contribution in [-0.4, -0.2) is 25.9 Å². The molecule has 1 N–H and O–H groups in total. The molecule has 1 atom stereocenters. The van der Waals surface area contributed by atoms with Gasteiger partial charge in [0.2, 0.25) is 5.91 Å². The molecule has 3 aromatic rings. The Labute approximate surface area is 179 Å². The fourth-order valence-corrected chi connectivity index (χ4v) is 3.78. The molecular weight excluding hydrogens is 403 g/mol. The molecule has 1 amide bonds. The number of aryl methyl sites for hydroxylation is 2. The lowest BCUT2D eigenvalue weighted by Crippen LogP contribution is -2.23. The van der Waals surface area contributed by atoms with Crippen LogP contribution in [0.5, 0.6) is 5.75 Å². The van der Waals surface area contributed by atoms with E-state index in [1.165, 1.54) is 23.9 Å². The van der Waals surface area contributed by atoms with Gasteiger partial charge in [0.1, 0.15) is 18.2 Å².